The Morgan fingerprint density at radius 3 is 2.53 bits per heavy atom. The zero-order valence-electron chi connectivity index (χ0n) is 9.57. The summed E-state index contributed by atoms with van der Waals surface area (Å²) in [5.74, 6) is 0.914. The molecular formula is C13H14BrNOS. The number of ether oxygens (including phenoxy) is 1. The third-order valence-corrected chi connectivity index (χ3v) is 3.88. The molecule has 2 aromatic rings. The second kappa shape index (κ2) is 6.07. The van der Waals surface area contributed by atoms with Gasteiger partial charge in [0, 0.05) is 17.1 Å². The molecule has 1 aromatic carbocycles. The molecule has 0 saturated heterocycles. The number of benzene rings is 1. The summed E-state index contributed by atoms with van der Waals surface area (Å²) in [5.41, 5.74) is 1.11. The van der Waals surface area contributed by atoms with Crippen LogP contribution in [0.1, 0.15) is 11.8 Å². The molecule has 0 saturated carbocycles. The van der Waals surface area contributed by atoms with Gasteiger partial charge in [0.2, 0.25) is 0 Å². The van der Waals surface area contributed by atoms with Gasteiger partial charge in [-0.1, -0.05) is 0 Å². The second-order valence-electron chi connectivity index (χ2n) is 3.52. The van der Waals surface area contributed by atoms with E-state index in [1.54, 1.807) is 11.3 Å². The van der Waals surface area contributed by atoms with Crippen molar-refractivity contribution in [1.82, 2.24) is 0 Å². The van der Waals surface area contributed by atoms with Crippen LogP contribution in [0.25, 0.3) is 0 Å². The third-order valence-electron chi connectivity index (χ3n) is 2.26. The number of hydrogen-bond donors (Lipinski definition) is 1. The maximum Gasteiger partial charge on any atom is 0.119 e. The van der Waals surface area contributed by atoms with Gasteiger partial charge in [0.1, 0.15) is 5.75 Å². The molecule has 0 aliphatic heterocycles. The summed E-state index contributed by atoms with van der Waals surface area (Å²) in [6, 6.07) is 12.2. The third kappa shape index (κ3) is 3.75. The van der Waals surface area contributed by atoms with Crippen LogP contribution in [0.4, 0.5) is 5.69 Å². The van der Waals surface area contributed by atoms with Crippen molar-refractivity contribution >= 4 is 33.0 Å². The molecule has 0 amide bonds. The number of anilines is 1. The number of halogens is 1. The van der Waals surface area contributed by atoms with Crippen molar-refractivity contribution in [2.75, 3.05) is 11.9 Å². The summed E-state index contributed by atoms with van der Waals surface area (Å²) >= 11 is 5.21. The van der Waals surface area contributed by atoms with Gasteiger partial charge in [-0.3, -0.25) is 0 Å². The Morgan fingerprint density at radius 2 is 1.94 bits per heavy atom. The Balaban J connectivity index is 1.90. The fraction of sp³-hybridized carbons (Fsp3) is 0.231. The lowest BCUT2D eigenvalue weighted by molar-refractivity contribution is 0.340. The predicted octanol–water partition coefficient (Wildman–Crippen LogP) is 4.52. The summed E-state index contributed by atoms with van der Waals surface area (Å²) in [5, 5.41) is 3.38. The van der Waals surface area contributed by atoms with Crippen LogP contribution >= 0.6 is 27.3 Å². The highest BCUT2D eigenvalue weighted by molar-refractivity contribution is 9.11. The van der Waals surface area contributed by atoms with Crippen molar-refractivity contribution in [3.63, 3.8) is 0 Å². The molecule has 0 bridgehead atoms. The van der Waals surface area contributed by atoms with Gasteiger partial charge >= 0.3 is 0 Å². The van der Waals surface area contributed by atoms with Gasteiger partial charge < -0.3 is 10.1 Å². The molecule has 2 nitrogen and oxygen atoms in total. The topological polar surface area (TPSA) is 21.3 Å². The van der Waals surface area contributed by atoms with E-state index >= 15 is 0 Å². The quantitative estimate of drug-likeness (QED) is 0.876. The van der Waals surface area contributed by atoms with Gasteiger partial charge in [-0.25, -0.2) is 0 Å². The van der Waals surface area contributed by atoms with Gasteiger partial charge in [-0.05, 0) is 59.3 Å². The van der Waals surface area contributed by atoms with E-state index in [2.05, 4.69) is 33.4 Å². The van der Waals surface area contributed by atoms with Crippen LogP contribution < -0.4 is 10.1 Å². The van der Waals surface area contributed by atoms with Crippen LogP contribution in [0, 0.1) is 0 Å². The molecule has 90 valence electrons. The molecule has 0 radical (unpaired) electrons. The first-order valence-electron chi connectivity index (χ1n) is 5.49. The molecule has 1 aromatic heterocycles. The van der Waals surface area contributed by atoms with Crippen molar-refractivity contribution in [2.24, 2.45) is 0 Å². The van der Waals surface area contributed by atoms with Crippen molar-refractivity contribution in [2.45, 2.75) is 13.5 Å². The summed E-state index contributed by atoms with van der Waals surface area (Å²) in [4.78, 5) is 1.31. The van der Waals surface area contributed by atoms with Crippen molar-refractivity contribution in [3.05, 3.63) is 45.1 Å². The molecule has 0 spiro atoms. The van der Waals surface area contributed by atoms with E-state index in [1.165, 1.54) is 8.66 Å². The fourth-order valence-electron chi connectivity index (χ4n) is 1.47. The van der Waals surface area contributed by atoms with Gasteiger partial charge in [-0.2, -0.15) is 0 Å². The average Bonchev–Trinajstić information content (AvgIpc) is 2.75. The molecule has 0 fully saturated rings. The lowest BCUT2D eigenvalue weighted by Gasteiger charge is -2.06. The van der Waals surface area contributed by atoms with Gasteiger partial charge in [0.05, 0.1) is 10.4 Å². The van der Waals surface area contributed by atoms with E-state index in [4.69, 9.17) is 4.74 Å². The molecule has 0 unspecified atom stereocenters. The van der Waals surface area contributed by atoms with Crippen molar-refractivity contribution < 1.29 is 4.74 Å². The first kappa shape index (κ1) is 12.5. The molecular weight excluding hydrogens is 298 g/mol. The van der Waals surface area contributed by atoms with Crippen LogP contribution in [0.15, 0.2) is 40.2 Å². The summed E-state index contributed by atoms with van der Waals surface area (Å²) in [7, 11) is 0. The molecule has 0 atom stereocenters. The van der Waals surface area contributed by atoms with Crippen LogP contribution in [-0.2, 0) is 6.54 Å². The SMILES string of the molecule is CCOc1ccc(NCc2ccc(Br)s2)cc1. The lowest BCUT2D eigenvalue weighted by Crippen LogP contribution is -1.97. The molecule has 0 aliphatic rings. The number of nitrogens with one attached hydrogen (secondary N) is 1. The van der Waals surface area contributed by atoms with E-state index in [0.29, 0.717) is 6.61 Å². The van der Waals surface area contributed by atoms with Gasteiger partial charge in [-0.15, -0.1) is 11.3 Å². The highest BCUT2D eigenvalue weighted by Gasteiger charge is 1.98. The Hall–Kier alpha value is -1.00. The standard InChI is InChI=1S/C13H14BrNOS/c1-2-16-11-5-3-10(4-6-11)15-9-12-7-8-13(14)17-12/h3-8,15H,2,9H2,1H3. The molecule has 2 rings (SSSR count). The normalized spacial score (nSPS) is 10.2. The number of thiophene rings is 1. The highest BCUT2D eigenvalue weighted by Crippen LogP contribution is 2.23. The zero-order chi connectivity index (χ0) is 12.1. The van der Waals surface area contributed by atoms with Gasteiger partial charge in [0.25, 0.3) is 0 Å². The summed E-state index contributed by atoms with van der Waals surface area (Å²) in [6.45, 7) is 3.54. The zero-order valence-corrected chi connectivity index (χ0v) is 12.0. The number of rotatable bonds is 5. The maximum atomic E-state index is 5.40. The summed E-state index contributed by atoms with van der Waals surface area (Å²) in [6.07, 6.45) is 0. The van der Waals surface area contributed by atoms with E-state index in [9.17, 15) is 0 Å². The lowest BCUT2D eigenvalue weighted by atomic mass is 10.3. The first-order valence-corrected chi connectivity index (χ1v) is 7.10. The van der Waals surface area contributed by atoms with E-state index in [0.717, 1.165) is 18.0 Å². The minimum Gasteiger partial charge on any atom is -0.494 e. The summed E-state index contributed by atoms with van der Waals surface area (Å²) < 4.78 is 6.56. The van der Waals surface area contributed by atoms with E-state index in [-0.39, 0.29) is 0 Å². The first-order chi connectivity index (χ1) is 8.28. The second-order valence-corrected chi connectivity index (χ2v) is 6.06. The smallest absolute Gasteiger partial charge is 0.119 e. The van der Waals surface area contributed by atoms with E-state index < -0.39 is 0 Å². The fourth-order valence-corrected chi connectivity index (χ4v) is 2.89. The minimum absolute atomic E-state index is 0.704. The van der Waals surface area contributed by atoms with Crippen LogP contribution in [0.2, 0.25) is 0 Å². The Morgan fingerprint density at radius 1 is 1.18 bits per heavy atom. The van der Waals surface area contributed by atoms with Crippen molar-refractivity contribution in [3.8, 4) is 5.75 Å². The van der Waals surface area contributed by atoms with Crippen LogP contribution in [0.5, 0.6) is 5.75 Å². The maximum absolute atomic E-state index is 5.40. The monoisotopic (exact) mass is 311 g/mol. The predicted molar refractivity (Wildman–Crippen MR) is 77.0 cm³/mol. The van der Waals surface area contributed by atoms with Crippen molar-refractivity contribution in [1.29, 1.82) is 0 Å². The van der Waals surface area contributed by atoms with Crippen LogP contribution in [-0.4, -0.2) is 6.61 Å². The molecule has 1 N–H and O–H groups in total. The molecule has 4 heteroatoms. The molecule has 17 heavy (non-hydrogen) atoms. The van der Waals surface area contributed by atoms with E-state index in [1.807, 2.05) is 31.2 Å². The highest BCUT2D eigenvalue weighted by atomic mass is 79.9. The Bertz CT molecular complexity index is 467. The van der Waals surface area contributed by atoms with Crippen LogP contribution in [0.3, 0.4) is 0 Å². The molecule has 1 heterocycles. The van der Waals surface area contributed by atoms with Gasteiger partial charge in [0.15, 0.2) is 0 Å². The Kier molecular flexibility index (Phi) is 4.45. The largest absolute Gasteiger partial charge is 0.494 e. The minimum atomic E-state index is 0.704. The average molecular weight is 312 g/mol. The Labute approximate surface area is 114 Å². The number of hydrogen-bond acceptors (Lipinski definition) is 3. The molecule has 0 aliphatic carbocycles.